The second kappa shape index (κ2) is 10.3. The van der Waals surface area contributed by atoms with Crippen LogP contribution >= 0.6 is 0 Å². The number of H-pyrrole nitrogens is 1. The second-order valence-electron chi connectivity index (χ2n) is 8.77. The number of aryl methyl sites for hydroxylation is 4. The molecule has 3 aromatic rings. The summed E-state index contributed by atoms with van der Waals surface area (Å²) in [6, 6.07) is 5.93. The van der Waals surface area contributed by atoms with Crippen LogP contribution in [0.1, 0.15) is 63.4 Å². The number of rotatable bonds is 10. The number of ether oxygens (including phenoxy) is 2. The van der Waals surface area contributed by atoms with Gasteiger partial charge in [-0.2, -0.15) is 0 Å². The summed E-state index contributed by atoms with van der Waals surface area (Å²) in [5.74, 6) is 0.555. The fraction of sp³-hybridized carbons (Fsp3) is 0.520. The van der Waals surface area contributed by atoms with Gasteiger partial charge in [-0.1, -0.05) is 26.3 Å². The Hall–Kier alpha value is -3.36. The van der Waals surface area contributed by atoms with Gasteiger partial charge >= 0.3 is 11.7 Å². The number of carbonyl (C=O) groups excluding carboxylic acids is 1. The van der Waals surface area contributed by atoms with Crippen LogP contribution in [0.3, 0.4) is 0 Å². The lowest BCUT2D eigenvalue weighted by Gasteiger charge is -2.15. The van der Waals surface area contributed by atoms with Gasteiger partial charge in [0.2, 0.25) is 0 Å². The summed E-state index contributed by atoms with van der Waals surface area (Å²) in [4.78, 5) is 44.6. The first-order valence-electron chi connectivity index (χ1n) is 12.1. The van der Waals surface area contributed by atoms with Crippen LogP contribution in [0.2, 0.25) is 0 Å². The molecule has 34 heavy (non-hydrogen) atoms. The molecule has 182 valence electrons. The molecule has 0 fully saturated rings. The molecule has 0 bridgehead atoms. The molecule has 9 heteroatoms. The summed E-state index contributed by atoms with van der Waals surface area (Å²) in [5.41, 5.74) is 2.29. The summed E-state index contributed by atoms with van der Waals surface area (Å²) < 4.78 is 14.6. The number of aromatic nitrogens is 4. The van der Waals surface area contributed by atoms with Crippen molar-refractivity contribution in [3.63, 3.8) is 0 Å². The molecule has 0 aliphatic heterocycles. The number of benzene rings is 1. The van der Waals surface area contributed by atoms with Crippen LogP contribution in [0, 0.1) is 0 Å². The molecule has 1 aromatic carbocycles. The van der Waals surface area contributed by atoms with E-state index < -0.39 is 23.3 Å². The Morgan fingerprint density at radius 3 is 2.68 bits per heavy atom. The Morgan fingerprint density at radius 1 is 1.12 bits per heavy atom. The van der Waals surface area contributed by atoms with Gasteiger partial charge in [-0.15, -0.1) is 0 Å². The van der Waals surface area contributed by atoms with Crippen LogP contribution < -0.4 is 16.0 Å². The maximum atomic E-state index is 12.7. The van der Waals surface area contributed by atoms with Crippen molar-refractivity contribution < 1.29 is 14.3 Å². The number of unbranched alkanes of at least 4 members (excludes halogenated alkanes) is 1. The van der Waals surface area contributed by atoms with E-state index in [9.17, 15) is 14.4 Å². The standard InChI is InChI=1S/C25H32N4O5/c1-4-6-13-29-22-21(23(30)27-25(29)32)28(12-5-2)20(26-22)15-33-24(31)16(3)34-19-11-10-17-8-7-9-18(17)14-19/h10-11,14,16H,4-9,12-13,15H2,1-3H3,(H,27,30,32)/t16-/m0/s1. The molecular weight excluding hydrogens is 436 g/mol. The third-order valence-corrected chi connectivity index (χ3v) is 6.21. The smallest absolute Gasteiger partial charge is 0.347 e. The molecule has 0 saturated heterocycles. The van der Waals surface area contributed by atoms with Crippen molar-refractivity contribution in [2.45, 2.75) is 85.1 Å². The summed E-state index contributed by atoms with van der Waals surface area (Å²) in [5, 5.41) is 0. The van der Waals surface area contributed by atoms with Gasteiger partial charge in [-0.3, -0.25) is 14.3 Å². The van der Waals surface area contributed by atoms with Crippen molar-refractivity contribution in [3.8, 4) is 5.75 Å². The lowest BCUT2D eigenvalue weighted by Crippen LogP contribution is -2.31. The minimum atomic E-state index is -0.797. The lowest BCUT2D eigenvalue weighted by atomic mass is 10.1. The van der Waals surface area contributed by atoms with Gasteiger partial charge < -0.3 is 14.0 Å². The van der Waals surface area contributed by atoms with E-state index in [1.165, 1.54) is 15.7 Å². The molecule has 2 heterocycles. The zero-order valence-electron chi connectivity index (χ0n) is 20.1. The molecule has 1 N–H and O–H groups in total. The molecule has 1 aliphatic rings. The number of nitrogens with zero attached hydrogens (tertiary/aromatic N) is 3. The predicted octanol–water partition coefficient (Wildman–Crippen LogP) is 3.10. The van der Waals surface area contributed by atoms with E-state index in [4.69, 9.17) is 9.47 Å². The first-order chi connectivity index (χ1) is 16.4. The Kier molecular flexibility index (Phi) is 7.19. The van der Waals surface area contributed by atoms with Gasteiger partial charge in [-0.05, 0) is 62.3 Å². The van der Waals surface area contributed by atoms with Crippen molar-refractivity contribution in [1.82, 2.24) is 19.1 Å². The zero-order valence-corrected chi connectivity index (χ0v) is 20.1. The molecular formula is C25H32N4O5. The average molecular weight is 469 g/mol. The molecule has 0 amide bonds. The molecule has 1 aliphatic carbocycles. The highest BCUT2D eigenvalue weighted by Crippen LogP contribution is 2.26. The number of imidazole rings is 1. The van der Waals surface area contributed by atoms with Crippen LogP contribution in [-0.4, -0.2) is 31.2 Å². The van der Waals surface area contributed by atoms with Crippen LogP contribution in [-0.2, 0) is 42.1 Å². The average Bonchev–Trinajstić information content (AvgIpc) is 3.42. The number of fused-ring (bicyclic) bond motifs is 2. The maximum Gasteiger partial charge on any atom is 0.347 e. The van der Waals surface area contributed by atoms with Gasteiger partial charge in [0.1, 0.15) is 18.2 Å². The third-order valence-electron chi connectivity index (χ3n) is 6.21. The van der Waals surface area contributed by atoms with Gasteiger partial charge in [0.25, 0.3) is 5.56 Å². The summed E-state index contributed by atoms with van der Waals surface area (Å²) in [6.45, 7) is 6.51. The van der Waals surface area contributed by atoms with Gasteiger partial charge in [0.05, 0.1) is 0 Å². The molecule has 2 aromatic heterocycles. The van der Waals surface area contributed by atoms with Crippen LogP contribution in [0.5, 0.6) is 5.75 Å². The normalized spacial score (nSPS) is 13.7. The highest BCUT2D eigenvalue weighted by molar-refractivity contribution is 5.75. The predicted molar refractivity (Wildman–Crippen MR) is 128 cm³/mol. The number of aromatic amines is 1. The molecule has 4 rings (SSSR count). The Bertz CT molecular complexity index is 1300. The van der Waals surface area contributed by atoms with E-state index in [0.717, 1.165) is 38.5 Å². The van der Waals surface area contributed by atoms with Gasteiger partial charge in [0.15, 0.2) is 17.3 Å². The summed E-state index contributed by atoms with van der Waals surface area (Å²) in [7, 11) is 0. The van der Waals surface area contributed by atoms with E-state index in [1.54, 1.807) is 11.5 Å². The van der Waals surface area contributed by atoms with Crippen LogP contribution in [0.4, 0.5) is 0 Å². The van der Waals surface area contributed by atoms with Crippen molar-refractivity contribution >= 4 is 17.1 Å². The lowest BCUT2D eigenvalue weighted by molar-refractivity contribution is -0.152. The van der Waals surface area contributed by atoms with Crippen molar-refractivity contribution in [2.24, 2.45) is 0 Å². The quantitative estimate of drug-likeness (QED) is 0.458. The Morgan fingerprint density at radius 2 is 1.91 bits per heavy atom. The highest BCUT2D eigenvalue weighted by Gasteiger charge is 2.22. The Balaban J connectivity index is 1.53. The van der Waals surface area contributed by atoms with E-state index in [0.29, 0.717) is 35.8 Å². The van der Waals surface area contributed by atoms with E-state index in [2.05, 4.69) is 16.0 Å². The van der Waals surface area contributed by atoms with Gasteiger partial charge in [-0.25, -0.2) is 14.6 Å². The molecule has 0 saturated carbocycles. The maximum absolute atomic E-state index is 12.7. The number of nitrogens with one attached hydrogen (secondary N) is 1. The van der Waals surface area contributed by atoms with Crippen LogP contribution in [0.15, 0.2) is 27.8 Å². The number of carbonyl (C=O) groups is 1. The van der Waals surface area contributed by atoms with E-state index in [-0.39, 0.29) is 6.61 Å². The number of hydrogen-bond acceptors (Lipinski definition) is 6. The van der Waals surface area contributed by atoms with Crippen molar-refractivity contribution in [3.05, 3.63) is 56.0 Å². The van der Waals surface area contributed by atoms with Gasteiger partial charge in [0, 0.05) is 13.1 Å². The summed E-state index contributed by atoms with van der Waals surface area (Å²) >= 11 is 0. The second-order valence-corrected chi connectivity index (χ2v) is 8.77. The number of esters is 1. The first kappa shape index (κ1) is 23.8. The first-order valence-corrected chi connectivity index (χ1v) is 12.1. The largest absolute Gasteiger partial charge is 0.479 e. The highest BCUT2D eigenvalue weighted by atomic mass is 16.6. The Labute approximate surface area is 197 Å². The fourth-order valence-electron chi connectivity index (χ4n) is 4.44. The SMILES string of the molecule is CCCCn1c(=O)[nH]c(=O)c2c1nc(COC(=O)[C@H](C)Oc1ccc3c(c1)CCC3)n2CCC. The van der Waals surface area contributed by atoms with E-state index >= 15 is 0 Å². The number of hydrogen-bond donors (Lipinski definition) is 1. The monoisotopic (exact) mass is 468 g/mol. The van der Waals surface area contributed by atoms with E-state index in [1.807, 2.05) is 26.0 Å². The molecule has 0 spiro atoms. The zero-order chi connectivity index (χ0) is 24.2. The third kappa shape index (κ3) is 4.78. The molecule has 0 radical (unpaired) electrons. The summed E-state index contributed by atoms with van der Waals surface area (Å²) in [6.07, 6.45) is 4.89. The topological polar surface area (TPSA) is 108 Å². The van der Waals surface area contributed by atoms with Crippen molar-refractivity contribution in [2.75, 3.05) is 0 Å². The molecule has 0 unspecified atom stereocenters. The van der Waals surface area contributed by atoms with Crippen LogP contribution in [0.25, 0.3) is 11.2 Å². The minimum absolute atomic E-state index is 0.118. The van der Waals surface area contributed by atoms with Crippen molar-refractivity contribution in [1.29, 1.82) is 0 Å². The fourth-order valence-corrected chi connectivity index (χ4v) is 4.44. The molecule has 9 nitrogen and oxygen atoms in total. The molecule has 1 atom stereocenters. The minimum Gasteiger partial charge on any atom is -0.479 e.